The van der Waals surface area contributed by atoms with E-state index in [0.29, 0.717) is 0 Å². The molecule has 0 radical (unpaired) electrons. The highest BCUT2D eigenvalue weighted by Crippen LogP contribution is 2.38. The summed E-state index contributed by atoms with van der Waals surface area (Å²) in [5, 5.41) is 0. The summed E-state index contributed by atoms with van der Waals surface area (Å²) in [7, 11) is 0. The van der Waals surface area contributed by atoms with Crippen LogP contribution in [0.5, 0.6) is 0 Å². The van der Waals surface area contributed by atoms with E-state index in [1.807, 2.05) is 0 Å². The summed E-state index contributed by atoms with van der Waals surface area (Å²) < 4.78 is 0. The molecule has 2 atom stereocenters. The Labute approximate surface area is 66.5 Å². The van der Waals surface area contributed by atoms with Crippen LogP contribution < -0.4 is 5.73 Å². The van der Waals surface area contributed by atoms with Crippen molar-refractivity contribution in [1.82, 2.24) is 4.90 Å². The van der Waals surface area contributed by atoms with Gasteiger partial charge in [0.15, 0.2) is 0 Å². The Kier molecular flexibility index (Phi) is 1.42. The van der Waals surface area contributed by atoms with Gasteiger partial charge in [-0.15, -0.1) is 0 Å². The lowest BCUT2D eigenvalue weighted by atomic mass is 9.80. The zero-order valence-corrected chi connectivity index (χ0v) is 6.68. The molecule has 0 aromatic carbocycles. The van der Waals surface area contributed by atoms with Gasteiger partial charge in [-0.2, -0.15) is 0 Å². The Bertz CT molecular complexity index is 189. The van der Waals surface area contributed by atoms with Crippen molar-refractivity contribution in [2.75, 3.05) is 19.6 Å². The lowest BCUT2D eigenvalue weighted by molar-refractivity contribution is -0.128. The fraction of sp³-hybridized carbons (Fsp3) is 0.875. The van der Waals surface area contributed by atoms with Crippen molar-refractivity contribution < 1.29 is 4.79 Å². The van der Waals surface area contributed by atoms with Gasteiger partial charge in [-0.05, 0) is 32.4 Å². The monoisotopic (exact) mass is 154 g/mol. The summed E-state index contributed by atoms with van der Waals surface area (Å²) >= 11 is 0. The molecule has 2 unspecified atom stereocenters. The summed E-state index contributed by atoms with van der Waals surface area (Å²) in [5.41, 5.74) is 5.23. The number of primary amides is 1. The van der Waals surface area contributed by atoms with Crippen molar-refractivity contribution in [3.63, 3.8) is 0 Å². The van der Waals surface area contributed by atoms with Gasteiger partial charge < -0.3 is 10.6 Å². The molecule has 2 saturated heterocycles. The number of carbonyl (C=O) groups is 1. The lowest BCUT2D eigenvalue weighted by Crippen LogP contribution is -2.43. The fourth-order valence-corrected chi connectivity index (χ4v) is 2.32. The van der Waals surface area contributed by atoms with Gasteiger partial charge >= 0.3 is 0 Å². The topological polar surface area (TPSA) is 46.3 Å². The standard InChI is InChI=1S/C8H14N2O/c9-7(11)8-2-1-4-10(6-8)5-3-8/h1-6H2,(H2,9,11). The number of hydrogen-bond acceptors (Lipinski definition) is 2. The fourth-order valence-electron chi connectivity index (χ4n) is 2.32. The first kappa shape index (κ1) is 7.10. The van der Waals surface area contributed by atoms with E-state index in [4.69, 9.17) is 5.73 Å². The van der Waals surface area contributed by atoms with Crippen molar-refractivity contribution >= 4 is 5.91 Å². The molecule has 0 spiro atoms. The minimum atomic E-state index is -0.141. The van der Waals surface area contributed by atoms with Crippen molar-refractivity contribution in [3.8, 4) is 0 Å². The first-order chi connectivity index (χ1) is 5.23. The quantitative estimate of drug-likeness (QED) is 0.576. The first-order valence-corrected chi connectivity index (χ1v) is 4.25. The number of amides is 1. The van der Waals surface area contributed by atoms with Gasteiger partial charge in [0, 0.05) is 6.54 Å². The van der Waals surface area contributed by atoms with Crippen molar-refractivity contribution in [2.45, 2.75) is 19.3 Å². The van der Waals surface area contributed by atoms with Crippen LogP contribution in [-0.2, 0) is 4.79 Å². The summed E-state index contributed by atoms with van der Waals surface area (Å²) in [5.74, 6) is -0.0836. The average Bonchev–Trinajstić information content (AvgIpc) is 2.29. The van der Waals surface area contributed by atoms with Crippen LogP contribution in [-0.4, -0.2) is 30.4 Å². The molecule has 2 N–H and O–H groups in total. The van der Waals surface area contributed by atoms with Crippen LogP contribution in [0, 0.1) is 5.41 Å². The maximum absolute atomic E-state index is 11.1. The smallest absolute Gasteiger partial charge is 0.224 e. The predicted octanol–water partition coefficient (Wildman–Crippen LogP) is -0.0424. The van der Waals surface area contributed by atoms with E-state index in [1.165, 1.54) is 0 Å². The second-order valence-corrected chi connectivity index (χ2v) is 3.77. The Morgan fingerprint density at radius 1 is 1.36 bits per heavy atom. The van der Waals surface area contributed by atoms with Gasteiger partial charge in [-0.3, -0.25) is 4.79 Å². The van der Waals surface area contributed by atoms with Crippen molar-refractivity contribution in [1.29, 1.82) is 0 Å². The van der Waals surface area contributed by atoms with Crippen LogP contribution in [0.4, 0.5) is 0 Å². The Morgan fingerprint density at radius 3 is 2.82 bits per heavy atom. The molecular formula is C8H14N2O. The molecule has 0 aromatic rings. The number of nitrogens with zero attached hydrogens (tertiary/aromatic N) is 1. The number of carbonyl (C=O) groups excluding carboxylic acids is 1. The SMILES string of the molecule is NC(=O)C12CCCN(CC1)C2. The molecule has 2 bridgehead atoms. The summed E-state index contributed by atoms with van der Waals surface area (Å²) in [6, 6.07) is 0. The number of rotatable bonds is 1. The van der Waals surface area contributed by atoms with Crippen LogP contribution in [0.15, 0.2) is 0 Å². The zero-order valence-electron chi connectivity index (χ0n) is 6.68. The molecule has 0 aliphatic carbocycles. The second-order valence-electron chi connectivity index (χ2n) is 3.77. The number of hydrogen-bond donors (Lipinski definition) is 1. The molecule has 11 heavy (non-hydrogen) atoms. The second kappa shape index (κ2) is 2.21. The van der Waals surface area contributed by atoms with E-state index >= 15 is 0 Å². The van der Waals surface area contributed by atoms with Gasteiger partial charge in [0.2, 0.25) is 5.91 Å². The maximum atomic E-state index is 11.1. The third-order valence-electron chi connectivity index (χ3n) is 3.09. The third kappa shape index (κ3) is 0.948. The molecule has 3 heteroatoms. The molecule has 0 aromatic heterocycles. The number of nitrogens with two attached hydrogens (primary N) is 1. The molecule has 2 heterocycles. The van der Waals surface area contributed by atoms with Crippen molar-refractivity contribution in [2.24, 2.45) is 11.1 Å². The van der Waals surface area contributed by atoms with Crippen LogP contribution in [0.25, 0.3) is 0 Å². The number of piperidine rings is 1. The van der Waals surface area contributed by atoms with E-state index in [2.05, 4.69) is 4.90 Å². The third-order valence-corrected chi connectivity index (χ3v) is 3.09. The van der Waals surface area contributed by atoms with Gasteiger partial charge in [-0.25, -0.2) is 0 Å². The van der Waals surface area contributed by atoms with Gasteiger partial charge in [0.1, 0.15) is 0 Å². The summed E-state index contributed by atoms with van der Waals surface area (Å²) in [6.07, 6.45) is 3.14. The average molecular weight is 154 g/mol. The van der Waals surface area contributed by atoms with Gasteiger partial charge in [0.05, 0.1) is 5.41 Å². The molecule has 2 fully saturated rings. The van der Waals surface area contributed by atoms with E-state index in [9.17, 15) is 4.79 Å². The van der Waals surface area contributed by atoms with E-state index < -0.39 is 0 Å². The highest BCUT2D eigenvalue weighted by atomic mass is 16.1. The van der Waals surface area contributed by atoms with Crippen molar-refractivity contribution in [3.05, 3.63) is 0 Å². The van der Waals surface area contributed by atoms with E-state index in [0.717, 1.165) is 38.9 Å². The van der Waals surface area contributed by atoms with Gasteiger partial charge in [-0.1, -0.05) is 0 Å². The first-order valence-electron chi connectivity index (χ1n) is 4.25. The Morgan fingerprint density at radius 2 is 2.18 bits per heavy atom. The normalized spacial score (nSPS) is 42.4. The molecular weight excluding hydrogens is 140 g/mol. The Balaban J connectivity index is 2.19. The molecule has 3 nitrogen and oxygen atoms in total. The minimum Gasteiger partial charge on any atom is -0.369 e. The van der Waals surface area contributed by atoms with Crippen LogP contribution >= 0.6 is 0 Å². The molecule has 0 saturated carbocycles. The predicted molar refractivity (Wildman–Crippen MR) is 41.9 cm³/mol. The highest BCUT2D eigenvalue weighted by molar-refractivity contribution is 5.81. The largest absolute Gasteiger partial charge is 0.369 e. The molecule has 1 amide bonds. The van der Waals surface area contributed by atoms with Crippen LogP contribution in [0.2, 0.25) is 0 Å². The Hall–Kier alpha value is -0.570. The zero-order chi connectivity index (χ0) is 7.90. The minimum absolute atomic E-state index is 0.0836. The highest BCUT2D eigenvalue weighted by Gasteiger charge is 2.45. The van der Waals surface area contributed by atoms with Crippen LogP contribution in [0.3, 0.4) is 0 Å². The maximum Gasteiger partial charge on any atom is 0.224 e. The summed E-state index contributed by atoms with van der Waals surface area (Å²) in [6.45, 7) is 3.15. The molecule has 2 rings (SSSR count). The summed E-state index contributed by atoms with van der Waals surface area (Å²) in [4.78, 5) is 13.5. The lowest BCUT2D eigenvalue weighted by Gasteiger charge is -2.30. The van der Waals surface area contributed by atoms with E-state index in [-0.39, 0.29) is 11.3 Å². The molecule has 2 aliphatic heterocycles. The van der Waals surface area contributed by atoms with Crippen LogP contribution in [0.1, 0.15) is 19.3 Å². The van der Waals surface area contributed by atoms with E-state index in [1.54, 1.807) is 0 Å². The number of fused-ring (bicyclic) bond motifs is 2. The van der Waals surface area contributed by atoms with Gasteiger partial charge in [0.25, 0.3) is 0 Å². The molecule has 62 valence electrons. The molecule has 2 aliphatic rings.